The van der Waals surface area contributed by atoms with E-state index >= 15 is 0 Å². The van der Waals surface area contributed by atoms with E-state index in [0.29, 0.717) is 6.04 Å². The molecule has 2 rings (SSSR count). The molecule has 1 fully saturated rings. The third-order valence-corrected chi connectivity index (χ3v) is 3.89. The maximum Gasteiger partial charge on any atom is 0.253 e. The molecule has 1 saturated heterocycles. The highest BCUT2D eigenvalue weighted by Crippen LogP contribution is 2.18. The van der Waals surface area contributed by atoms with Gasteiger partial charge in [0.25, 0.3) is 5.91 Å². The zero-order valence-electron chi connectivity index (χ0n) is 11.9. The predicted octanol–water partition coefficient (Wildman–Crippen LogP) is 1.86. The minimum atomic E-state index is 0.0946. The van der Waals surface area contributed by atoms with Crippen molar-refractivity contribution < 1.29 is 9.53 Å². The number of ether oxygens (including phenoxy) is 1. The predicted molar refractivity (Wildman–Crippen MR) is 75.6 cm³/mol. The summed E-state index contributed by atoms with van der Waals surface area (Å²) in [4.78, 5) is 16.6. The summed E-state index contributed by atoms with van der Waals surface area (Å²) < 4.78 is 5.11. The highest BCUT2D eigenvalue weighted by atomic mass is 16.5. The molecular weight excluding hydrogens is 240 g/mol. The lowest BCUT2D eigenvalue weighted by Crippen LogP contribution is -2.44. The SMILES string of the molecule is COc1ccc(C(=O)N(C)C2CCN(C)CC2)cc1. The molecular formula is C15H22N2O2. The molecule has 4 nitrogen and oxygen atoms in total. The molecule has 4 heteroatoms. The van der Waals surface area contributed by atoms with Crippen molar-refractivity contribution in [2.24, 2.45) is 0 Å². The van der Waals surface area contributed by atoms with Gasteiger partial charge < -0.3 is 14.5 Å². The molecule has 19 heavy (non-hydrogen) atoms. The molecule has 1 heterocycles. The molecule has 1 amide bonds. The first-order valence-electron chi connectivity index (χ1n) is 6.71. The molecule has 0 aliphatic carbocycles. The van der Waals surface area contributed by atoms with Gasteiger partial charge in [0.05, 0.1) is 7.11 Å². The van der Waals surface area contributed by atoms with Gasteiger partial charge in [-0.1, -0.05) is 0 Å². The second-order valence-corrected chi connectivity index (χ2v) is 5.18. The lowest BCUT2D eigenvalue weighted by atomic mass is 10.0. The Morgan fingerprint density at radius 3 is 2.37 bits per heavy atom. The quantitative estimate of drug-likeness (QED) is 0.833. The summed E-state index contributed by atoms with van der Waals surface area (Å²) in [6.45, 7) is 2.12. The molecule has 0 aromatic heterocycles. The number of rotatable bonds is 3. The van der Waals surface area contributed by atoms with Gasteiger partial charge in [-0.15, -0.1) is 0 Å². The van der Waals surface area contributed by atoms with Crippen LogP contribution in [-0.2, 0) is 0 Å². The number of hydrogen-bond acceptors (Lipinski definition) is 3. The Kier molecular flexibility index (Phi) is 4.43. The maximum absolute atomic E-state index is 12.4. The molecule has 1 aliphatic rings. The van der Waals surface area contributed by atoms with Crippen LogP contribution in [0.3, 0.4) is 0 Å². The standard InChI is InChI=1S/C15H22N2O2/c1-16-10-8-13(9-11-16)17(2)15(18)12-4-6-14(19-3)7-5-12/h4-7,13H,8-11H2,1-3H3. The normalized spacial score (nSPS) is 17.2. The highest BCUT2D eigenvalue weighted by molar-refractivity contribution is 5.94. The lowest BCUT2D eigenvalue weighted by Gasteiger charge is -2.35. The van der Waals surface area contributed by atoms with Gasteiger partial charge in [-0.05, 0) is 57.2 Å². The Morgan fingerprint density at radius 2 is 1.84 bits per heavy atom. The Labute approximate surface area is 115 Å². The highest BCUT2D eigenvalue weighted by Gasteiger charge is 2.24. The number of piperidine rings is 1. The van der Waals surface area contributed by atoms with Gasteiger partial charge in [0.15, 0.2) is 0 Å². The number of amides is 1. The molecule has 0 unspecified atom stereocenters. The molecule has 1 aromatic carbocycles. The van der Waals surface area contributed by atoms with Crippen molar-refractivity contribution in [3.8, 4) is 5.75 Å². The van der Waals surface area contributed by atoms with E-state index in [4.69, 9.17) is 4.74 Å². The van der Waals surface area contributed by atoms with E-state index in [1.165, 1.54) is 0 Å². The largest absolute Gasteiger partial charge is 0.497 e. The van der Waals surface area contributed by atoms with E-state index in [1.54, 1.807) is 7.11 Å². The van der Waals surface area contributed by atoms with Gasteiger partial charge in [0, 0.05) is 18.7 Å². The molecule has 104 valence electrons. The van der Waals surface area contributed by atoms with Crippen molar-refractivity contribution in [3.05, 3.63) is 29.8 Å². The number of methoxy groups -OCH3 is 1. The first-order valence-corrected chi connectivity index (χ1v) is 6.71. The van der Waals surface area contributed by atoms with Crippen LogP contribution < -0.4 is 4.74 Å². The van der Waals surface area contributed by atoms with Crippen molar-refractivity contribution >= 4 is 5.91 Å². The Morgan fingerprint density at radius 1 is 1.26 bits per heavy atom. The summed E-state index contributed by atoms with van der Waals surface area (Å²) in [6, 6.07) is 7.66. The monoisotopic (exact) mass is 262 g/mol. The molecule has 1 aliphatic heterocycles. The second kappa shape index (κ2) is 6.06. The zero-order chi connectivity index (χ0) is 13.8. The smallest absolute Gasteiger partial charge is 0.253 e. The number of benzene rings is 1. The average Bonchev–Trinajstić information content (AvgIpc) is 2.46. The van der Waals surface area contributed by atoms with Crippen LogP contribution in [0.25, 0.3) is 0 Å². The summed E-state index contributed by atoms with van der Waals surface area (Å²) >= 11 is 0. The van der Waals surface area contributed by atoms with Crippen LogP contribution in [0.2, 0.25) is 0 Å². The van der Waals surface area contributed by atoms with E-state index in [2.05, 4.69) is 11.9 Å². The van der Waals surface area contributed by atoms with Crippen LogP contribution in [0.1, 0.15) is 23.2 Å². The van der Waals surface area contributed by atoms with E-state index < -0.39 is 0 Å². The third-order valence-electron chi connectivity index (χ3n) is 3.89. The average molecular weight is 262 g/mol. The lowest BCUT2D eigenvalue weighted by molar-refractivity contribution is 0.0659. The van der Waals surface area contributed by atoms with Crippen molar-refractivity contribution in [2.75, 3.05) is 34.3 Å². The molecule has 0 N–H and O–H groups in total. The van der Waals surface area contributed by atoms with Crippen LogP contribution in [0, 0.1) is 0 Å². The number of nitrogens with zero attached hydrogens (tertiary/aromatic N) is 2. The number of hydrogen-bond donors (Lipinski definition) is 0. The molecule has 0 radical (unpaired) electrons. The second-order valence-electron chi connectivity index (χ2n) is 5.18. The van der Waals surface area contributed by atoms with Gasteiger partial charge in [-0.2, -0.15) is 0 Å². The van der Waals surface area contributed by atoms with E-state index in [0.717, 1.165) is 37.2 Å². The third kappa shape index (κ3) is 3.26. The fraction of sp³-hybridized carbons (Fsp3) is 0.533. The Balaban J connectivity index is 2.01. The number of likely N-dealkylation sites (tertiary alicyclic amines) is 1. The first-order chi connectivity index (χ1) is 9.11. The summed E-state index contributed by atoms with van der Waals surface area (Å²) in [6.07, 6.45) is 2.10. The van der Waals surface area contributed by atoms with E-state index in [1.807, 2.05) is 36.2 Å². The number of carbonyl (C=O) groups excluding carboxylic acids is 1. The Bertz CT molecular complexity index is 422. The van der Waals surface area contributed by atoms with Gasteiger partial charge >= 0.3 is 0 Å². The molecule has 1 aromatic rings. The van der Waals surface area contributed by atoms with Crippen molar-refractivity contribution in [1.82, 2.24) is 9.80 Å². The van der Waals surface area contributed by atoms with Gasteiger partial charge in [0.2, 0.25) is 0 Å². The van der Waals surface area contributed by atoms with E-state index in [-0.39, 0.29) is 5.91 Å². The van der Waals surface area contributed by atoms with Gasteiger partial charge in [-0.25, -0.2) is 0 Å². The molecule has 0 atom stereocenters. The van der Waals surface area contributed by atoms with Crippen LogP contribution in [0.4, 0.5) is 0 Å². The minimum absolute atomic E-state index is 0.0946. The van der Waals surface area contributed by atoms with Gasteiger partial charge in [-0.3, -0.25) is 4.79 Å². The first kappa shape index (κ1) is 13.9. The van der Waals surface area contributed by atoms with Gasteiger partial charge in [0.1, 0.15) is 5.75 Å². The summed E-state index contributed by atoms with van der Waals surface area (Å²) in [5.74, 6) is 0.871. The van der Waals surface area contributed by atoms with Crippen LogP contribution in [0.15, 0.2) is 24.3 Å². The van der Waals surface area contributed by atoms with Crippen molar-refractivity contribution in [3.63, 3.8) is 0 Å². The molecule has 0 spiro atoms. The van der Waals surface area contributed by atoms with Crippen molar-refractivity contribution in [1.29, 1.82) is 0 Å². The minimum Gasteiger partial charge on any atom is -0.497 e. The summed E-state index contributed by atoms with van der Waals surface area (Å²) in [5.41, 5.74) is 0.724. The maximum atomic E-state index is 12.4. The fourth-order valence-electron chi connectivity index (χ4n) is 2.49. The summed E-state index contributed by atoms with van der Waals surface area (Å²) in [7, 11) is 5.66. The molecule has 0 saturated carbocycles. The van der Waals surface area contributed by atoms with Crippen molar-refractivity contribution in [2.45, 2.75) is 18.9 Å². The molecule has 0 bridgehead atoms. The fourth-order valence-corrected chi connectivity index (χ4v) is 2.49. The number of carbonyl (C=O) groups is 1. The Hall–Kier alpha value is -1.55. The van der Waals surface area contributed by atoms with E-state index in [9.17, 15) is 4.79 Å². The van der Waals surface area contributed by atoms with Crippen LogP contribution in [0.5, 0.6) is 5.75 Å². The topological polar surface area (TPSA) is 32.8 Å². The van der Waals surface area contributed by atoms with Crippen LogP contribution in [-0.4, -0.2) is 56.0 Å². The zero-order valence-corrected chi connectivity index (χ0v) is 11.9. The van der Waals surface area contributed by atoms with Crippen LogP contribution >= 0.6 is 0 Å². The summed E-state index contributed by atoms with van der Waals surface area (Å²) in [5, 5.41) is 0.